The Labute approximate surface area is 86.7 Å². The Hall–Kier alpha value is -1.69. The molecule has 3 heterocycles. The fraction of sp³-hybridized carbons (Fsp3) is 0.444. The van der Waals surface area contributed by atoms with Crippen molar-refractivity contribution in [3.63, 3.8) is 0 Å². The third kappa shape index (κ3) is 1.25. The van der Waals surface area contributed by atoms with Gasteiger partial charge in [-0.3, -0.25) is 0 Å². The highest BCUT2D eigenvalue weighted by Gasteiger charge is 2.15. The van der Waals surface area contributed by atoms with Crippen molar-refractivity contribution in [3.8, 4) is 0 Å². The third-order valence-corrected chi connectivity index (χ3v) is 2.63. The molecule has 3 rings (SSSR count). The molecule has 0 fully saturated rings. The molecule has 0 aromatic carbocycles. The van der Waals surface area contributed by atoms with Crippen LogP contribution in [0.1, 0.15) is 11.3 Å². The van der Waals surface area contributed by atoms with Gasteiger partial charge >= 0.3 is 0 Å². The van der Waals surface area contributed by atoms with E-state index < -0.39 is 0 Å². The molecule has 0 saturated heterocycles. The summed E-state index contributed by atoms with van der Waals surface area (Å²) in [6.07, 6.45) is 2.85. The third-order valence-electron chi connectivity index (χ3n) is 2.63. The average Bonchev–Trinajstić information content (AvgIpc) is 2.72. The smallest absolute Gasteiger partial charge is 0.254 e. The number of hydrogen-bond donors (Lipinski definition) is 2. The quantitative estimate of drug-likeness (QED) is 0.674. The minimum atomic E-state index is 0.620. The standard InChI is InChI=1S/C9H12N6/c1-10-8-13-9-12-5-6-4-11-3-2-7(6)15(9)14-8/h5,11H,2-4H2,1H3,(H,10,14). The first-order valence-electron chi connectivity index (χ1n) is 5.00. The van der Waals surface area contributed by atoms with Crippen molar-refractivity contribution < 1.29 is 0 Å². The fourth-order valence-corrected chi connectivity index (χ4v) is 1.86. The molecule has 2 N–H and O–H groups in total. The Morgan fingerprint density at radius 3 is 3.33 bits per heavy atom. The summed E-state index contributed by atoms with van der Waals surface area (Å²) in [4.78, 5) is 8.52. The molecule has 0 unspecified atom stereocenters. The predicted octanol–water partition coefficient (Wildman–Crippen LogP) is -0.188. The number of nitrogens with one attached hydrogen (secondary N) is 2. The number of nitrogens with zero attached hydrogens (tertiary/aromatic N) is 4. The van der Waals surface area contributed by atoms with Crippen molar-refractivity contribution in [2.75, 3.05) is 18.9 Å². The first kappa shape index (κ1) is 8.60. The van der Waals surface area contributed by atoms with Crippen molar-refractivity contribution in [3.05, 3.63) is 17.5 Å². The second-order valence-electron chi connectivity index (χ2n) is 3.55. The highest BCUT2D eigenvalue weighted by molar-refractivity contribution is 5.39. The molecule has 6 heteroatoms. The average molecular weight is 204 g/mol. The van der Waals surface area contributed by atoms with Crippen molar-refractivity contribution in [2.24, 2.45) is 0 Å². The van der Waals surface area contributed by atoms with Crippen LogP contribution in [-0.4, -0.2) is 33.2 Å². The second kappa shape index (κ2) is 3.16. The Bertz CT molecular complexity index is 503. The van der Waals surface area contributed by atoms with Crippen LogP contribution >= 0.6 is 0 Å². The monoisotopic (exact) mass is 204 g/mol. The van der Waals surface area contributed by atoms with E-state index in [2.05, 4.69) is 25.7 Å². The van der Waals surface area contributed by atoms with E-state index in [9.17, 15) is 0 Å². The lowest BCUT2D eigenvalue weighted by Gasteiger charge is -2.16. The molecule has 0 saturated carbocycles. The van der Waals surface area contributed by atoms with Crippen LogP contribution in [0.25, 0.3) is 5.78 Å². The molecule has 0 aliphatic carbocycles. The van der Waals surface area contributed by atoms with Crippen LogP contribution in [0.3, 0.4) is 0 Å². The largest absolute Gasteiger partial charge is 0.356 e. The normalized spacial score (nSPS) is 15.3. The van der Waals surface area contributed by atoms with Crippen LogP contribution in [-0.2, 0) is 13.0 Å². The number of rotatable bonds is 1. The summed E-state index contributed by atoms with van der Waals surface area (Å²) < 4.78 is 1.84. The van der Waals surface area contributed by atoms with Crippen LogP contribution in [0, 0.1) is 0 Å². The van der Waals surface area contributed by atoms with Crippen molar-refractivity contribution in [1.82, 2.24) is 24.9 Å². The van der Waals surface area contributed by atoms with Gasteiger partial charge in [-0.2, -0.15) is 9.50 Å². The summed E-state index contributed by atoms with van der Waals surface area (Å²) in [5.74, 6) is 1.29. The van der Waals surface area contributed by atoms with E-state index >= 15 is 0 Å². The van der Waals surface area contributed by atoms with E-state index in [1.165, 1.54) is 11.3 Å². The highest BCUT2D eigenvalue weighted by atomic mass is 15.4. The molecular weight excluding hydrogens is 192 g/mol. The second-order valence-corrected chi connectivity index (χ2v) is 3.55. The first-order valence-corrected chi connectivity index (χ1v) is 5.00. The topological polar surface area (TPSA) is 67.1 Å². The van der Waals surface area contributed by atoms with E-state index in [0.717, 1.165) is 19.5 Å². The molecule has 1 aliphatic heterocycles. The zero-order chi connectivity index (χ0) is 10.3. The highest BCUT2D eigenvalue weighted by Crippen LogP contribution is 2.14. The Kier molecular flexibility index (Phi) is 1.81. The number of fused-ring (bicyclic) bond motifs is 3. The van der Waals surface area contributed by atoms with Gasteiger partial charge in [0.2, 0.25) is 5.95 Å². The van der Waals surface area contributed by atoms with Gasteiger partial charge in [0.15, 0.2) is 0 Å². The van der Waals surface area contributed by atoms with Crippen LogP contribution in [0.5, 0.6) is 0 Å². The number of aromatic nitrogens is 4. The van der Waals surface area contributed by atoms with Crippen molar-refractivity contribution >= 4 is 11.7 Å². The summed E-state index contributed by atoms with van der Waals surface area (Å²) in [5.41, 5.74) is 2.43. The summed E-state index contributed by atoms with van der Waals surface area (Å²) in [7, 11) is 1.81. The van der Waals surface area contributed by atoms with E-state index in [1.54, 1.807) is 0 Å². The number of hydrogen-bond acceptors (Lipinski definition) is 5. The molecule has 1 aliphatic rings. The van der Waals surface area contributed by atoms with Gasteiger partial charge in [-0.15, -0.1) is 5.10 Å². The lowest BCUT2D eigenvalue weighted by Crippen LogP contribution is -2.26. The lowest BCUT2D eigenvalue weighted by atomic mass is 10.1. The summed E-state index contributed by atoms with van der Waals surface area (Å²) in [6, 6.07) is 0. The molecule has 0 amide bonds. The Morgan fingerprint density at radius 2 is 2.47 bits per heavy atom. The molecule has 78 valence electrons. The SMILES string of the molecule is CNc1nc2ncc3c(n2n1)CCNC3. The van der Waals surface area contributed by atoms with Gasteiger partial charge in [0, 0.05) is 38.3 Å². The molecule has 2 aromatic heterocycles. The molecule has 2 aromatic rings. The predicted molar refractivity (Wildman–Crippen MR) is 55.7 cm³/mol. The minimum absolute atomic E-state index is 0.620. The van der Waals surface area contributed by atoms with E-state index in [4.69, 9.17) is 0 Å². The summed E-state index contributed by atoms with van der Waals surface area (Å²) >= 11 is 0. The van der Waals surface area contributed by atoms with Gasteiger partial charge in [-0.05, 0) is 0 Å². The maximum Gasteiger partial charge on any atom is 0.254 e. The maximum atomic E-state index is 4.35. The van der Waals surface area contributed by atoms with Crippen molar-refractivity contribution in [2.45, 2.75) is 13.0 Å². The zero-order valence-corrected chi connectivity index (χ0v) is 8.49. The Morgan fingerprint density at radius 1 is 1.53 bits per heavy atom. The molecule has 15 heavy (non-hydrogen) atoms. The molecular formula is C9H12N6. The van der Waals surface area contributed by atoms with E-state index in [1.807, 2.05) is 17.8 Å². The van der Waals surface area contributed by atoms with Gasteiger partial charge in [0.25, 0.3) is 5.78 Å². The van der Waals surface area contributed by atoms with Gasteiger partial charge < -0.3 is 10.6 Å². The summed E-state index contributed by atoms with van der Waals surface area (Å²) in [5, 5.41) is 10.6. The van der Waals surface area contributed by atoms with Crippen LogP contribution in [0.15, 0.2) is 6.20 Å². The molecule has 6 nitrogen and oxygen atoms in total. The van der Waals surface area contributed by atoms with Crippen LogP contribution < -0.4 is 10.6 Å². The van der Waals surface area contributed by atoms with Gasteiger partial charge in [0.05, 0.1) is 5.69 Å². The Balaban J connectivity index is 2.25. The minimum Gasteiger partial charge on any atom is -0.356 e. The van der Waals surface area contributed by atoms with Gasteiger partial charge in [0.1, 0.15) is 0 Å². The molecule has 0 atom stereocenters. The fourth-order valence-electron chi connectivity index (χ4n) is 1.86. The van der Waals surface area contributed by atoms with Gasteiger partial charge in [-0.25, -0.2) is 4.98 Å². The maximum absolute atomic E-state index is 4.35. The van der Waals surface area contributed by atoms with Crippen LogP contribution in [0.4, 0.5) is 5.95 Å². The zero-order valence-electron chi connectivity index (χ0n) is 8.49. The van der Waals surface area contributed by atoms with E-state index in [0.29, 0.717) is 11.7 Å². The summed E-state index contributed by atoms with van der Waals surface area (Å²) in [6.45, 7) is 1.86. The van der Waals surface area contributed by atoms with Gasteiger partial charge in [-0.1, -0.05) is 0 Å². The number of anilines is 1. The first-order chi connectivity index (χ1) is 7.38. The molecule has 0 radical (unpaired) electrons. The molecule has 0 spiro atoms. The lowest BCUT2D eigenvalue weighted by molar-refractivity contribution is 0.610. The van der Waals surface area contributed by atoms with E-state index in [-0.39, 0.29) is 0 Å². The molecule has 0 bridgehead atoms. The van der Waals surface area contributed by atoms with Crippen molar-refractivity contribution in [1.29, 1.82) is 0 Å². The van der Waals surface area contributed by atoms with Crippen LogP contribution in [0.2, 0.25) is 0 Å².